The van der Waals surface area contributed by atoms with Crippen molar-refractivity contribution >= 4 is 34.9 Å². The molecular formula is C16H14ClFN2S. The number of nitrogens with one attached hydrogen (secondary N) is 1. The Balaban J connectivity index is 2.17. The lowest BCUT2D eigenvalue weighted by molar-refractivity contribution is 0.630. The minimum atomic E-state index is -0.453. The highest BCUT2D eigenvalue weighted by Crippen LogP contribution is 2.25. The van der Waals surface area contributed by atoms with Gasteiger partial charge in [0.2, 0.25) is 0 Å². The molecule has 0 aliphatic rings. The quantitative estimate of drug-likeness (QED) is 0.638. The van der Waals surface area contributed by atoms with Crippen LogP contribution in [0.4, 0.5) is 4.39 Å². The zero-order valence-electron chi connectivity index (χ0n) is 11.5. The van der Waals surface area contributed by atoms with Crippen LogP contribution in [0.15, 0.2) is 36.4 Å². The third-order valence-corrected chi connectivity index (χ3v) is 4.03. The number of H-pyrrole nitrogens is 1. The fraction of sp³-hybridized carbons (Fsp3) is 0.188. The smallest absolute Gasteiger partial charge is 0.182 e. The molecule has 0 spiro atoms. The van der Waals surface area contributed by atoms with E-state index in [1.807, 2.05) is 16.7 Å². The van der Waals surface area contributed by atoms with Gasteiger partial charge in [0.25, 0.3) is 0 Å². The van der Waals surface area contributed by atoms with Crippen molar-refractivity contribution in [3.63, 3.8) is 0 Å². The number of benzene rings is 2. The molecule has 108 valence electrons. The molecule has 1 N–H and O–H groups in total. The van der Waals surface area contributed by atoms with Crippen LogP contribution in [0.25, 0.3) is 16.7 Å². The highest BCUT2D eigenvalue weighted by Gasteiger charge is 2.10. The Morgan fingerprint density at radius 3 is 2.62 bits per heavy atom. The van der Waals surface area contributed by atoms with Crippen LogP contribution >= 0.6 is 23.8 Å². The lowest BCUT2D eigenvalue weighted by atomic mass is 10.1. The summed E-state index contributed by atoms with van der Waals surface area (Å²) in [6.07, 6.45) is 2.16. The van der Waals surface area contributed by atoms with Crippen molar-refractivity contribution in [1.29, 1.82) is 0 Å². The van der Waals surface area contributed by atoms with Gasteiger partial charge in [-0.25, -0.2) is 4.39 Å². The average Bonchev–Trinajstić information content (AvgIpc) is 2.76. The van der Waals surface area contributed by atoms with Gasteiger partial charge in [0, 0.05) is 11.8 Å². The zero-order chi connectivity index (χ0) is 15.0. The molecule has 1 heterocycles. The van der Waals surface area contributed by atoms with E-state index < -0.39 is 5.82 Å². The molecular weight excluding hydrogens is 307 g/mol. The number of halogens is 2. The van der Waals surface area contributed by atoms with Crippen molar-refractivity contribution in [1.82, 2.24) is 9.55 Å². The molecule has 0 amide bonds. The lowest BCUT2D eigenvalue weighted by Crippen LogP contribution is -1.95. The van der Waals surface area contributed by atoms with E-state index in [4.69, 9.17) is 23.8 Å². The Labute approximate surface area is 132 Å². The summed E-state index contributed by atoms with van der Waals surface area (Å²) in [4.78, 5) is 3.01. The van der Waals surface area contributed by atoms with Crippen LogP contribution in [-0.2, 0) is 6.42 Å². The Bertz CT molecular complexity index is 849. The molecule has 0 aliphatic heterocycles. The average molecular weight is 321 g/mol. The van der Waals surface area contributed by atoms with Crippen molar-refractivity contribution in [2.45, 2.75) is 19.8 Å². The van der Waals surface area contributed by atoms with Crippen molar-refractivity contribution in [3.8, 4) is 5.69 Å². The summed E-state index contributed by atoms with van der Waals surface area (Å²) in [5.41, 5.74) is 3.64. The van der Waals surface area contributed by atoms with Gasteiger partial charge in [-0.2, -0.15) is 0 Å². The maximum atomic E-state index is 13.5. The molecule has 5 heteroatoms. The number of aromatic amines is 1. The summed E-state index contributed by atoms with van der Waals surface area (Å²) in [6, 6.07) is 11.2. The molecule has 0 unspecified atom stereocenters. The Hall–Kier alpha value is -1.65. The summed E-state index contributed by atoms with van der Waals surface area (Å²) in [7, 11) is 0. The van der Waals surface area contributed by atoms with Crippen LogP contribution in [0.5, 0.6) is 0 Å². The highest BCUT2D eigenvalue weighted by atomic mass is 35.5. The fourth-order valence-electron chi connectivity index (χ4n) is 2.46. The summed E-state index contributed by atoms with van der Waals surface area (Å²) in [6.45, 7) is 2.15. The topological polar surface area (TPSA) is 20.7 Å². The van der Waals surface area contributed by atoms with E-state index in [1.54, 1.807) is 6.07 Å². The van der Waals surface area contributed by atoms with Gasteiger partial charge in [-0.05, 0) is 42.4 Å². The first kappa shape index (κ1) is 14.3. The van der Waals surface area contributed by atoms with Gasteiger partial charge in [0.15, 0.2) is 4.77 Å². The predicted octanol–water partition coefficient (Wildman–Crippen LogP) is 5.43. The van der Waals surface area contributed by atoms with Crippen molar-refractivity contribution in [2.75, 3.05) is 0 Å². The summed E-state index contributed by atoms with van der Waals surface area (Å²) in [5, 5.41) is 0.0906. The van der Waals surface area contributed by atoms with Crippen molar-refractivity contribution in [3.05, 3.63) is 57.6 Å². The maximum Gasteiger partial charge on any atom is 0.182 e. The van der Waals surface area contributed by atoms with E-state index in [-0.39, 0.29) is 5.02 Å². The predicted molar refractivity (Wildman–Crippen MR) is 87.4 cm³/mol. The van der Waals surface area contributed by atoms with Crippen molar-refractivity contribution < 1.29 is 4.39 Å². The number of hydrogen-bond donors (Lipinski definition) is 1. The van der Waals surface area contributed by atoms with Gasteiger partial charge in [-0.1, -0.05) is 37.1 Å². The van der Waals surface area contributed by atoms with E-state index in [0.717, 1.165) is 24.0 Å². The minimum Gasteiger partial charge on any atom is -0.330 e. The van der Waals surface area contributed by atoms with Gasteiger partial charge in [0.1, 0.15) is 5.82 Å². The molecule has 0 fully saturated rings. The number of nitrogens with zero attached hydrogens (tertiary/aromatic N) is 1. The molecule has 2 aromatic carbocycles. The molecule has 3 rings (SSSR count). The largest absolute Gasteiger partial charge is 0.330 e. The second-order valence-corrected chi connectivity index (χ2v) is 5.76. The molecule has 21 heavy (non-hydrogen) atoms. The van der Waals surface area contributed by atoms with Crippen LogP contribution < -0.4 is 0 Å². The molecule has 0 aliphatic carbocycles. The van der Waals surface area contributed by atoms with Gasteiger partial charge in [0.05, 0.1) is 16.1 Å². The first-order chi connectivity index (χ1) is 10.1. The fourth-order valence-corrected chi connectivity index (χ4v) is 2.93. The third kappa shape index (κ3) is 2.61. The van der Waals surface area contributed by atoms with E-state index >= 15 is 0 Å². The first-order valence-electron chi connectivity index (χ1n) is 6.79. The van der Waals surface area contributed by atoms with Crippen LogP contribution in [-0.4, -0.2) is 9.55 Å². The van der Waals surface area contributed by atoms with Gasteiger partial charge in [-0.3, -0.25) is 4.57 Å². The Morgan fingerprint density at radius 1 is 1.24 bits per heavy atom. The minimum absolute atomic E-state index is 0.0906. The molecule has 0 saturated heterocycles. The van der Waals surface area contributed by atoms with Crippen LogP contribution in [0, 0.1) is 10.6 Å². The number of aryl methyl sites for hydroxylation is 1. The summed E-state index contributed by atoms with van der Waals surface area (Å²) < 4.78 is 15.9. The number of hydrogen-bond acceptors (Lipinski definition) is 1. The van der Waals surface area contributed by atoms with E-state index in [1.165, 1.54) is 11.6 Å². The molecule has 0 saturated carbocycles. The SMILES string of the molecule is CCCc1ccc(-n2c(=S)[nH]c3cc(F)c(Cl)cc32)cc1. The summed E-state index contributed by atoms with van der Waals surface area (Å²) in [5.74, 6) is -0.453. The number of aromatic nitrogens is 2. The van der Waals surface area contributed by atoms with E-state index in [2.05, 4.69) is 24.0 Å². The lowest BCUT2D eigenvalue weighted by Gasteiger charge is -2.06. The summed E-state index contributed by atoms with van der Waals surface area (Å²) >= 11 is 11.2. The zero-order valence-corrected chi connectivity index (χ0v) is 13.1. The third-order valence-electron chi connectivity index (χ3n) is 3.46. The van der Waals surface area contributed by atoms with E-state index in [9.17, 15) is 4.39 Å². The van der Waals surface area contributed by atoms with Gasteiger partial charge in [-0.15, -0.1) is 0 Å². The van der Waals surface area contributed by atoms with E-state index in [0.29, 0.717) is 10.3 Å². The molecule has 0 radical (unpaired) electrons. The normalized spacial score (nSPS) is 11.2. The van der Waals surface area contributed by atoms with Crippen LogP contribution in [0.2, 0.25) is 5.02 Å². The number of rotatable bonds is 3. The van der Waals surface area contributed by atoms with Crippen molar-refractivity contribution in [2.24, 2.45) is 0 Å². The molecule has 0 bridgehead atoms. The molecule has 3 aromatic rings. The van der Waals surface area contributed by atoms with Gasteiger partial charge < -0.3 is 4.98 Å². The monoisotopic (exact) mass is 320 g/mol. The molecule has 1 aromatic heterocycles. The standard InChI is InChI=1S/C16H14ClFN2S/c1-2-3-10-4-6-11(7-5-10)20-15-8-12(17)13(18)9-14(15)19-16(20)21/h4-9H,2-3H2,1H3,(H,19,21). The molecule has 0 atom stereocenters. The first-order valence-corrected chi connectivity index (χ1v) is 7.58. The second kappa shape index (κ2) is 5.62. The number of imidazole rings is 1. The van der Waals surface area contributed by atoms with Crippen LogP contribution in [0.1, 0.15) is 18.9 Å². The second-order valence-electron chi connectivity index (χ2n) is 4.97. The Morgan fingerprint density at radius 2 is 1.95 bits per heavy atom. The Kier molecular flexibility index (Phi) is 3.83. The van der Waals surface area contributed by atoms with Crippen LogP contribution in [0.3, 0.4) is 0 Å². The number of fused-ring (bicyclic) bond motifs is 1. The van der Waals surface area contributed by atoms with Gasteiger partial charge >= 0.3 is 0 Å². The molecule has 2 nitrogen and oxygen atoms in total. The maximum absolute atomic E-state index is 13.5. The highest BCUT2D eigenvalue weighted by molar-refractivity contribution is 7.71.